The third-order valence-corrected chi connectivity index (χ3v) is 2.92. The molecule has 0 bridgehead atoms. The van der Waals surface area contributed by atoms with Crippen LogP contribution in [0.4, 0.5) is 0 Å². The minimum absolute atomic E-state index is 0.708. The van der Waals surface area contributed by atoms with E-state index >= 15 is 0 Å². The van der Waals surface area contributed by atoms with Gasteiger partial charge in [0.1, 0.15) is 0 Å². The van der Waals surface area contributed by atoms with E-state index in [1.54, 1.807) is 0 Å². The quantitative estimate of drug-likeness (QED) is 0.730. The molecular weight excluding hydrogens is 154 g/mol. The molecular formula is C9H15NS. The van der Waals surface area contributed by atoms with Gasteiger partial charge in [0.2, 0.25) is 0 Å². The molecule has 1 nitrogen and oxygen atoms in total. The number of likely N-dealkylation sites (N-methyl/N-ethyl adjacent to an activating group) is 1. The smallest absolute Gasteiger partial charge is 0.00887 e. The van der Waals surface area contributed by atoms with Gasteiger partial charge in [0.15, 0.2) is 0 Å². The van der Waals surface area contributed by atoms with Crippen molar-refractivity contribution in [2.45, 2.75) is 19.3 Å². The fourth-order valence-electron chi connectivity index (χ4n) is 1.22. The minimum atomic E-state index is 0.708. The van der Waals surface area contributed by atoms with Crippen molar-refractivity contribution in [1.82, 2.24) is 5.32 Å². The van der Waals surface area contributed by atoms with Gasteiger partial charge in [0, 0.05) is 17.3 Å². The van der Waals surface area contributed by atoms with Crippen molar-refractivity contribution < 1.29 is 0 Å². The Morgan fingerprint density at radius 1 is 1.64 bits per heavy atom. The van der Waals surface area contributed by atoms with Gasteiger partial charge in [0.05, 0.1) is 0 Å². The van der Waals surface area contributed by atoms with E-state index in [-0.39, 0.29) is 0 Å². The highest BCUT2D eigenvalue weighted by molar-refractivity contribution is 7.10. The van der Waals surface area contributed by atoms with Gasteiger partial charge in [-0.2, -0.15) is 0 Å². The van der Waals surface area contributed by atoms with Crippen molar-refractivity contribution in [3.8, 4) is 0 Å². The molecule has 0 saturated carbocycles. The Morgan fingerprint density at radius 2 is 2.45 bits per heavy atom. The highest BCUT2D eigenvalue weighted by Gasteiger charge is 2.07. The Morgan fingerprint density at radius 3 is 2.91 bits per heavy atom. The van der Waals surface area contributed by atoms with Crippen LogP contribution in [-0.4, -0.2) is 13.6 Å². The van der Waals surface area contributed by atoms with E-state index in [1.165, 1.54) is 11.3 Å². The largest absolute Gasteiger partial charge is 0.319 e. The third kappa shape index (κ3) is 2.31. The van der Waals surface area contributed by atoms with Crippen LogP contribution in [-0.2, 0) is 0 Å². The Kier molecular flexibility index (Phi) is 3.60. The van der Waals surface area contributed by atoms with Gasteiger partial charge in [-0.3, -0.25) is 0 Å². The molecule has 1 aromatic heterocycles. The minimum Gasteiger partial charge on any atom is -0.319 e. The molecule has 0 radical (unpaired) electrons. The number of hydrogen-bond donors (Lipinski definition) is 1. The molecule has 2 heteroatoms. The second kappa shape index (κ2) is 4.52. The molecule has 0 spiro atoms. The van der Waals surface area contributed by atoms with E-state index in [4.69, 9.17) is 0 Å². The molecule has 0 unspecified atom stereocenters. The zero-order valence-corrected chi connectivity index (χ0v) is 7.95. The summed E-state index contributed by atoms with van der Waals surface area (Å²) in [5, 5.41) is 5.36. The van der Waals surface area contributed by atoms with E-state index in [0.29, 0.717) is 5.92 Å². The summed E-state index contributed by atoms with van der Waals surface area (Å²) < 4.78 is 0. The van der Waals surface area contributed by atoms with E-state index in [0.717, 1.165) is 6.54 Å². The first-order valence-electron chi connectivity index (χ1n) is 4.06. The highest BCUT2D eigenvalue weighted by atomic mass is 32.1. The molecule has 0 amide bonds. The predicted octanol–water partition coefficient (Wildman–Crippen LogP) is 2.46. The summed E-state index contributed by atoms with van der Waals surface area (Å²) in [6, 6.07) is 4.34. The maximum atomic E-state index is 3.21. The van der Waals surface area contributed by atoms with Crippen LogP contribution in [0.15, 0.2) is 17.5 Å². The number of thiophene rings is 1. The molecule has 1 atom stereocenters. The van der Waals surface area contributed by atoms with Crippen molar-refractivity contribution in [2.75, 3.05) is 13.6 Å². The van der Waals surface area contributed by atoms with Crippen LogP contribution in [0, 0.1) is 0 Å². The zero-order valence-electron chi connectivity index (χ0n) is 7.13. The first-order chi connectivity index (χ1) is 5.38. The predicted molar refractivity (Wildman–Crippen MR) is 51.3 cm³/mol. The SMILES string of the molecule is CC[C@H](CNC)c1cccs1. The van der Waals surface area contributed by atoms with Crippen molar-refractivity contribution in [2.24, 2.45) is 0 Å². The lowest BCUT2D eigenvalue weighted by Gasteiger charge is -2.11. The molecule has 1 rings (SSSR count). The van der Waals surface area contributed by atoms with Gasteiger partial charge >= 0.3 is 0 Å². The summed E-state index contributed by atoms with van der Waals surface area (Å²) >= 11 is 1.86. The van der Waals surface area contributed by atoms with Crippen LogP contribution in [0.1, 0.15) is 24.1 Å². The first kappa shape index (κ1) is 8.75. The van der Waals surface area contributed by atoms with Crippen molar-refractivity contribution in [3.05, 3.63) is 22.4 Å². The van der Waals surface area contributed by atoms with Gasteiger partial charge in [-0.25, -0.2) is 0 Å². The normalized spacial score (nSPS) is 13.3. The summed E-state index contributed by atoms with van der Waals surface area (Å²) in [4.78, 5) is 1.50. The highest BCUT2D eigenvalue weighted by Crippen LogP contribution is 2.22. The van der Waals surface area contributed by atoms with Crippen LogP contribution in [0.3, 0.4) is 0 Å². The van der Waals surface area contributed by atoms with Crippen LogP contribution in [0.2, 0.25) is 0 Å². The van der Waals surface area contributed by atoms with Crippen molar-refractivity contribution >= 4 is 11.3 Å². The molecule has 1 heterocycles. The molecule has 0 aromatic carbocycles. The fraction of sp³-hybridized carbons (Fsp3) is 0.556. The standard InChI is InChI=1S/C9H15NS/c1-3-8(7-10-2)9-5-4-6-11-9/h4-6,8,10H,3,7H2,1-2H3/t8-/m1/s1. The van der Waals surface area contributed by atoms with E-state index in [2.05, 4.69) is 29.8 Å². The molecule has 0 saturated heterocycles. The second-order valence-corrected chi connectivity index (χ2v) is 3.66. The number of hydrogen-bond acceptors (Lipinski definition) is 2. The second-order valence-electron chi connectivity index (χ2n) is 2.68. The Labute approximate surface area is 72.4 Å². The Hall–Kier alpha value is -0.340. The van der Waals surface area contributed by atoms with Gasteiger partial charge in [-0.05, 0) is 24.9 Å². The lowest BCUT2D eigenvalue weighted by molar-refractivity contribution is 0.620. The molecule has 0 fully saturated rings. The average Bonchev–Trinajstić information content (AvgIpc) is 2.52. The molecule has 11 heavy (non-hydrogen) atoms. The Balaban J connectivity index is 2.56. The van der Waals surface area contributed by atoms with Crippen LogP contribution in [0.25, 0.3) is 0 Å². The monoisotopic (exact) mass is 169 g/mol. The molecule has 1 aromatic rings. The summed E-state index contributed by atoms with van der Waals surface area (Å²) in [5.74, 6) is 0.708. The summed E-state index contributed by atoms with van der Waals surface area (Å²) in [7, 11) is 2.01. The average molecular weight is 169 g/mol. The maximum Gasteiger partial charge on any atom is 0.00887 e. The first-order valence-corrected chi connectivity index (χ1v) is 4.94. The fourth-order valence-corrected chi connectivity index (χ4v) is 2.13. The zero-order chi connectivity index (χ0) is 8.10. The molecule has 0 aliphatic rings. The lowest BCUT2D eigenvalue weighted by atomic mass is 10.1. The van der Waals surface area contributed by atoms with Crippen LogP contribution in [0.5, 0.6) is 0 Å². The topological polar surface area (TPSA) is 12.0 Å². The summed E-state index contributed by atoms with van der Waals surface area (Å²) in [5.41, 5.74) is 0. The van der Waals surface area contributed by atoms with E-state index < -0.39 is 0 Å². The van der Waals surface area contributed by atoms with Crippen molar-refractivity contribution in [1.29, 1.82) is 0 Å². The van der Waals surface area contributed by atoms with Gasteiger partial charge in [0.25, 0.3) is 0 Å². The van der Waals surface area contributed by atoms with Gasteiger partial charge in [-0.15, -0.1) is 11.3 Å². The summed E-state index contributed by atoms with van der Waals surface area (Å²) in [6.07, 6.45) is 1.22. The maximum absolute atomic E-state index is 3.21. The molecule has 1 N–H and O–H groups in total. The molecule has 0 aliphatic carbocycles. The third-order valence-electron chi connectivity index (χ3n) is 1.89. The van der Waals surface area contributed by atoms with Crippen LogP contribution >= 0.6 is 11.3 Å². The molecule has 0 aliphatic heterocycles. The van der Waals surface area contributed by atoms with Crippen LogP contribution < -0.4 is 5.32 Å². The number of rotatable bonds is 4. The summed E-state index contributed by atoms with van der Waals surface area (Å²) in [6.45, 7) is 3.33. The number of nitrogens with one attached hydrogen (secondary N) is 1. The van der Waals surface area contributed by atoms with Crippen molar-refractivity contribution in [3.63, 3.8) is 0 Å². The lowest BCUT2D eigenvalue weighted by Crippen LogP contribution is -2.15. The van der Waals surface area contributed by atoms with Gasteiger partial charge < -0.3 is 5.32 Å². The van der Waals surface area contributed by atoms with E-state index in [9.17, 15) is 0 Å². The molecule has 62 valence electrons. The van der Waals surface area contributed by atoms with E-state index in [1.807, 2.05) is 18.4 Å². The van der Waals surface area contributed by atoms with Gasteiger partial charge in [-0.1, -0.05) is 13.0 Å². The Bertz CT molecular complexity index is 181.